The van der Waals surface area contributed by atoms with Gasteiger partial charge in [-0.25, -0.2) is 10.1 Å². The molecular weight excluding hydrogens is 378 g/mol. The first-order chi connectivity index (χ1) is 14.6. The molecule has 0 fully saturated rings. The Bertz CT molecular complexity index is 1220. The van der Waals surface area contributed by atoms with Gasteiger partial charge in [0, 0.05) is 17.3 Å². The van der Waals surface area contributed by atoms with Crippen LogP contribution in [-0.2, 0) is 6.42 Å². The second-order valence-corrected chi connectivity index (χ2v) is 6.72. The van der Waals surface area contributed by atoms with Crippen molar-refractivity contribution >= 4 is 12.2 Å². The lowest BCUT2D eigenvalue weighted by Crippen LogP contribution is -2.15. The lowest BCUT2D eigenvalue weighted by molar-refractivity contribution is 0.884. The van der Waals surface area contributed by atoms with E-state index in [2.05, 4.69) is 56.9 Å². The zero-order chi connectivity index (χ0) is 20.9. The highest BCUT2D eigenvalue weighted by Crippen LogP contribution is 2.23. The lowest BCUT2D eigenvalue weighted by Gasteiger charge is -2.02. The van der Waals surface area contributed by atoms with Crippen LogP contribution in [0, 0.1) is 6.92 Å². The van der Waals surface area contributed by atoms with Gasteiger partial charge in [-0.3, -0.25) is 9.78 Å². The first kappa shape index (κ1) is 19.3. The first-order valence-electron chi connectivity index (χ1n) is 9.61. The number of H-pyrrole nitrogens is 1. The molecule has 4 aromatic rings. The number of aryl methyl sites for hydroxylation is 2. The van der Waals surface area contributed by atoms with E-state index in [9.17, 15) is 4.79 Å². The smallest absolute Gasteiger partial charge is 0.274 e. The van der Waals surface area contributed by atoms with Crippen molar-refractivity contribution in [1.29, 1.82) is 0 Å². The molecule has 8 nitrogen and oxygen atoms in total. The number of nitrogens with zero attached hydrogens (tertiary/aromatic N) is 5. The highest BCUT2D eigenvalue weighted by Gasteiger charge is 2.11. The number of hydrogen-bond donors (Lipinski definition) is 2. The third-order valence-corrected chi connectivity index (χ3v) is 4.63. The molecule has 0 unspecified atom stereocenters. The Morgan fingerprint density at radius 2 is 1.87 bits per heavy atom. The molecule has 2 aromatic heterocycles. The predicted octanol–water partition coefficient (Wildman–Crippen LogP) is 3.33. The molecule has 0 radical (unpaired) electrons. The number of hydrogen-bond acceptors (Lipinski definition) is 6. The highest BCUT2D eigenvalue weighted by molar-refractivity contribution is 5.89. The van der Waals surface area contributed by atoms with E-state index in [1.807, 2.05) is 41.2 Å². The van der Waals surface area contributed by atoms with Crippen molar-refractivity contribution in [1.82, 2.24) is 25.0 Å². The molecule has 150 valence electrons. The van der Waals surface area contributed by atoms with Crippen LogP contribution in [0.1, 0.15) is 23.7 Å². The zero-order valence-corrected chi connectivity index (χ0v) is 16.7. The van der Waals surface area contributed by atoms with Gasteiger partial charge in [-0.15, -0.1) is 10.2 Å². The molecule has 0 saturated heterocycles. The van der Waals surface area contributed by atoms with Gasteiger partial charge in [0.2, 0.25) is 5.95 Å². The number of anilines is 1. The van der Waals surface area contributed by atoms with Crippen LogP contribution in [-0.4, -0.2) is 31.2 Å². The maximum atomic E-state index is 11.7. The van der Waals surface area contributed by atoms with Crippen molar-refractivity contribution in [3.8, 4) is 16.9 Å². The second-order valence-electron chi connectivity index (χ2n) is 6.72. The molecule has 0 aliphatic carbocycles. The Morgan fingerprint density at radius 3 is 2.57 bits per heavy atom. The van der Waals surface area contributed by atoms with Gasteiger partial charge in [0.15, 0.2) is 0 Å². The summed E-state index contributed by atoms with van der Waals surface area (Å²) in [5, 5.41) is 16.6. The monoisotopic (exact) mass is 399 g/mol. The van der Waals surface area contributed by atoms with Crippen LogP contribution in [0.5, 0.6) is 0 Å². The topological polar surface area (TPSA) is 101 Å². The molecule has 2 aromatic carbocycles. The van der Waals surface area contributed by atoms with Crippen molar-refractivity contribution in [2.75, 3.05) is 5.43 Å². The average Bonchev–Trinajstić information content (AvgIpc) is 3.21. The summed E-state index contributed by atoms with van der Waals surface area (Å²) in [5.74, 6) is 0.172. The van der Waals surface area contributed by atoms with Gasteiger partial charge < -0.3 is 0 Å². The van der Waals surface area contributed by atoms with Crippen molar-refractivity contribution in [3.63, 3.8) is 0 Å². The second kappa shape index (κ2) is 8.52. The molecule has 0 atom stereocenters. The molecule has 0 spiro atoms. The fourth-order valence-corrected chi connectivity index (χ4v) is 2.92. The van der Waals surface area contributed by atoms with Crippen LogP contribution in [0.4, 0.5) is 5.95 Å². The molecule has 0 amide bonds. The summed E-state index contributed by atoms with van der Waals surface area (Å²) in [6.07, 6.45) is 4.54. The molecule has 0 aliphatic rings. The van der Waals surface area contributed by atoms with E-state index in [4.69, 9.17) is 5.10 Å². The van der Waals surface area contributed by atoms with Crippen LogP contribution < -0.4 is 11.0 Å². The molecule has 8 heteroatoms. The summed E-state index contributed by atoms with van der Waals surface area (Å²) >= 11 is 0. The summed E-state index contributed by atoms with van der Waals surface area (Å²) in [4.78, 5) is 14.2. The maximum absolute atomic E-state index is 11.7. The Hall–Kier alpha value is -4.07. The standard InChI is InChI=1S/C22H21N7O/c1-3-16-9-11-17(12-10-16)20-18(14-29(28-20)19-7-5-4-6-8-19)13-23-26-22-24-21(30)15(2)25-27-22/h4-14H,3H2,1-2H3,(H2,24,26,27,30)/b23-13-. The maximum Gasteiger partial charge on any atom is 0.274 e. The number of nitrogens with one attached hydrogen (secondary N) is 2. The summed E-state index contributed by atoms with van der Waals surface area (Å²) in [7, 11) is 0. The van der Waals surface area contributed by atoms with Gasteiger partial charge in [0.1, 0.15) is 11.4 Å². The summed E-state index contributed by atoms with van der Waals surface area (Å²) in [6, 6.07) is 18.2. The quantitative estimate of drug-likeness (QED) is 0.383. The molecule has 2 heterocycles. The van der Waals surface area contributed by atoms with Crippen LogP contribution in [0.15, 0.2) is 70.7 Å². The zero-order valence-electron chi connectivity index (χ0n) is 16.7. The number of aromatic amines is 1. The van der Waals surface area contributed by atoms with E-state index >= 15 is 0 Å². The van der Waals surface area contributed by atoms with Crippen molar-refractivity contribution in [2.24, 2.45) is 5.10 Å². The van der Waals surface area contributed by atoms with Crippen LogP contribution in [0.3, 0.4) is 0 Å². The third-order valence-electron chi connectivity index (χ3n) is 4.63. The van der Waals surface area contributed by atoms with Gasteiger partial charge >= 0.3 is 0 Å². The minimum atomic E-state index is -0.309. The summed E-state index contributed by atoms with van der Waals surface area (Å²) in [5.41, 5.74) is 7.52. The fraction of sp³-hybridized carbons (Fsp3) is 0.136. The molecule has 0 bridgehead atoms. The Kier molecular flexibility index (Phi) is 5.47. The Balaban J connectivity index is 1.68. The predicted molar refractivity (Wildman–Crippen MR) is 117 cm³/mol. The SMILES string of the molecule is CCc1ccc(-c2nn(-c3ccccc3)cc2/C=N\Nc2nnc(C)c(=O)[nH]2)cc1. The molecule has 4 rings (SSSR count). The number of aromatic nitrogens is 5. The van der Waals surface area contributed by atoms with Gasteiger partial charge in [0.05, 0.1) is 11.9 Å². The highest BCUT2D eigenvalue weighted by atomic mass is 16.1. The minimum absolute atomic E-state index is 0.172. The van der Waals surface area contributed by atoms with E-state index in [-0.39, 0.29) is 11.5 Å². The average molecular weight is 399 g/mol. The summed E-state index contributed by atoms with van der Waals surface area (Å²) < 4.78 is 1.82. The van der Waals surface area contributed by atoms with E-state index in [1.54, 1.807) is 13.1 Å². The number of hydrazone groups is 1. The lowest BCUT2D eigenvalue weighted by atomic mass is 10.1. The number of rotatable bonds is 6. The van der Waals surface area contributed by atoms with Gasteiger partial charge in [-0.1, -0.05) is 49.4 Å². The van der Waals surface area contributed by atoms with E-state index in [1.165, 1.54) is 5.56 Å². The largest absolute Gasteiger partial charge is 0.288 e. The van der Waals surface area contributed by atoms with Crippen molar-refractivity contribution < 1.29 is 0 Å². The molecule has 0 saturated carbocycles. The normalized spacial score (nSPS) is 11.1. The van der Waals surface area contributed by atoms with Crippen LogP contribution >= 0.6 is 0 Å². The first-order valence-corrected chi connectivity index (χ1v) is 9.61. The molecule has 30 heavy (non-hydrogen) atoms. The minimum Gasteiger partial charge on any atom is -0.288 e. The van der Waals surface area contributed by atoms with Crippen LogP contribution in [0.2, 0.25) is 0 Å². The van der Waals surface area contributed by atoms with E-state index < -0.39 is 0 Å². The third kappa shape index (κ3) is 4.17. The Morgan fingerprint density at radius 1 is 1.10 bits per heavy atom. The van der Waals surface area contributed by atoms with E-state index in [0.717, 1.165) is 28.9 Å². The van der Waals surface area contributed by atoms with Gasteiger partial charge in [-0.2, -0.15) is 10.2 Å². The van der Waals surface area contributed by atoms with E-state index in [0.29, 0.717) is 5.69 Å². The molecule has 0 aliphatic heterocycles. The molecular formula is C22H21N7O. The number of benzene rings is 2. The number of para-hydroxylation sites is 1. The van der Waals surface area contributed by atoms with Gasteiger partial charge in [0.25, 0.3) is 5.56 Å². The summed E-state index contributed by atoms with van der Waals surface area (Å²) in [6.45, 7) is 3.72. The van der Waals surface area contributed by atoms with Crippen LogP contribution in [0.25, 0.3) is 16.9 Å². The fourth-order valence-electron chi connectivity index (χ4n) is 2.92. The molecule has 2 N–H and O–H groups in total. The van der Waals surface area contributed by atoms with Gasteiger partial charge in [-0.05, 0) is 31.0 Å². The Labute approximate surface area is 173 Å². The van der Waals surface area contributed by atoms with Crippen molar-refractivity contribution in [3.05, 3.63) is 88.0 Å². The van der Waals surface area contributed by atoms with Crippen molar-refractivity contribution in [2.45, 2.75) is 20.3 Å².